The molecule has 7 heteroatoms. The van der Waals surface area contributed by atoms with Crippen LogP contribution in [0.1, 0.15) is 16.1 Å². The molecule has 0 saturated carbocycles. The maximum Gasteiger partial charge on any atom is 0.371 e. The third kappa shape index (κ3) is 3.06. The van der Waals surface area contributed by atoms with E-state index in [1.165, 1.54) is 0 Å². The number of nitrogens with zero attached hydrogens (tertiary/aromatic N) is 1. The van der Waals surface area contributed by atoms with E-state index in [0.29, 0.717) is 23.3 Å². The molecule has 27 heavy (non-hydrogen) atoms. The van der Waals surface area contributed by atoms with Gasteiger partial charge in [0.1, 0.15) is 17.7 Å². The van der Waals surface area contributed by atoms with Gasteiger partial charge in [-0.2, -0.15) is 0 Å². The van der Waals surface area contributed by atoms with E-state index in [1.807, 2.05) is 30.3 Å². The molecule has 0 spiro atoms. The maximum absolute atomic E-state index is 12.2. The number of ether oxygens (including phenoxy) is 1. The molecule has 134 valence electrons. The average Bonchev–Trinajstić information content (AvgIpc) is 2.67. The van der Waals surface area contributed by atoms with E-state index in [1.54, 1.807) is 18.2 Å². The fourth-order valence-corrected chi connectivity index (χ4v) is 2.80. The first-order valence-corrected chi connectivity index (χ1v) is 8.03. The lowest BCUT2D eigenvalue weighted by Crippen LogP contribution is -2.07. The number of pyridine rings is 1. The molecule has 0 radical (unpaired) electrons. The van der Waals surface area contributed by atoms with E-state index in [2.05, 4.69) is 4.98 Å². The number of carboxylic acid groups (broad SMARTS) is 1. The van der Waals surface area contributed by atoms with Gasteiger partial charge in [-0.25, -0.2) is 9.78 Å². The van der Waals surface area contributed by atoms with Crippen molar-refractivity contribution in [3.05, 3.63) is 76.1 Å². The predicted molar refractivity (Wildman–Crippen MR) is 97.2 cm³/mol. The second kappa shape index (κ2) is 6.45. The van der Waals surface area contributed by atoms with Gasteiger partial charge in [0, 0.05) is 11.5 Å². The molecule has 0 aliphatic rings. The molecule has 0 unspecified atom stereocenters. The van der Waals surface area contributed by atoms with Gasteiger partial charge < -0.3 is 19.4 Å². The summed E-state index contributed by atoms with van der Waals surface area (Å²) in [7, 11) is 0. The molecule has 0 amide bonds. The first-order valence-electron chi connectivity index (χ1n) is 8.03. The number of aromatic nitrogens is 1. The summed E-state index contributed by atoms with van der Waals surface area (Å²) in [4.78, 5) is 27.4. The van der Waals surface area contributed by atoms with Crippen molar-refractivity contribution in [2.45, 2.75) is 6.61 Å². The molecule has 4 aromatic rings. The van der Waals surface area contributed by atoms with Crippen LogP contribution in [0.2, 0.25) is 0 Å². The number of rotatable bonds is 4. The third-order valence-electron chi connectivity index (χ3n) is 4.07. The number of carbonyl (C=O) groups is 1. The summed E-state index contributed by atoms with van der Waals surface area (Å²) < 4.78 is 11.1. The lowest BCUT2D eigenvalue weighted by atomic mass is 10.1. The number of hydrogen-bond donors (Lipinski definition) is 2. The third-order valence-corrected chi connectivity index (χ3v) is 4.07. The van der Waals surface area contributed by atoms with Gasteiger partial charge in [0.25, 0.3) is 0 Å². The highest BCUT2D eigenvalue weighted by molar-refractivity contribution is 6.05. The molecule has 0 fully saturated rings. The van der Waals surface area contributed by atoms with Gasteiger partial charge in [0.05, 0.1) is 5.52 Å². The second-order valence-corrected chi connectivity index (χ2v) is 5.87. The van der Waals surface area contributed by atoms with Crippen LogP contribution in [0.4, 0.5) is 0 Å². The molecule has 2 N–H and O–H groups in total. The fraction of sp³-hybridized carbons (Fsp3) is 0.0500. The van der Waals surface area contributed by atoms with Gasteiger partial charge >= 0.3 is 5.97 Å². The van der Waals surface area contributed by atoms with Gasteiger partial charge in [-0.15, -0.1) is 0 Å². The SMILES string of the molecule is O=C(O)c1cc(=O)c2c(O)nc3ccc(OCc4ccccc4)cc3c2o1. The van der Waals surface area contributed by atoms with E-state index in [9.17, 15) is 14.7 Å². The number of aromatic hydroxyl groups is 1. The summed E-state index contributed by atoms with van der Waals surface area (Å²) in [6, 6.07) is 15.2. The quantitative estimate of drug-likeness (QED) is 0.535. The Hall–Kier alpha value is -3.87. The van der Waals surface area contributed by atoms with Crippen molar-refractivity contribution < 1.29 is 24.2 Å². The Morgan fingerprint density at radius 3 is 2.63 bits per heavy atom. The van der Waals surface area contributed by atoms with Gasteiger partial charge in [-0.05, 0) is 23.8 Å². The monoisotopic (exact) mass is 363 g/mol. The summed E-state index contributed by atoms with van der Waals surface area (Å²) in [6.45, 7) is 0.333. The number of benzene rings is 2. The van der Waals surface area contributed by atoms with Gasteiger partial charge in [0.2, 0.25) is 11.6 Å². The van der Waals surface area contributed by atoms with Crippen LogP contribution in [0.5, 0.6) is 11.6 Å². The van der Waals surface area contributed by atoms with Crippen LogP contribution in [0, 0.1) is 0 Å². The van der Waals surface area contributed by atoms with Crippen molar-refractivity contribution >= 4 is 27.8 Å². The minimum atomic E-state index is -1.38. The lowest BCUT2D eigenvalue weighted by Gasteiger charge is -2.09. The van der Waals surface area contributed by atoms with Crippen LogP contribution >= 0.6 is 0 Å². The van der Waals surface area contributed by atoms with Crippen LogP contribution in [0.3, 0.4) is 0 Å². The second-order valence-electron chi connectivity index (χ2n) is 5.87. The largest absolute Gasteiger partial charge is 0.493 e. The molecular weight excluding hydrogens is 350 g/mol. The van der Waals surface area contributed by atoms with Crippen LogP contribution in [-0.4, -0.2) is 21.2 Å². The Bertz CT molecular complexity index is 1230. The summed E-state index contributed by atoms with van der Waals surface area (Å²) in [5.74, 6) is -1.92. The average molecular weight is 363 g/mol. The van der Waals surface area contributed by atoms with E-state index in [4.69, 9.17) is 14.3 Å². The Morgan fingerprint density at radius 2 is 1.89 bits per heavy atom. The minimum Gasteiger partial charge on any atom is -0.493 e. The molecular formula is C20H13NO6. The number of carboxylic acids is 1. The molecule has 0 atom stereocenters. The lowest BCUT2D eigenvalue weighted by molar-refractivity contribution is 0.0663. The Morgan fingerprint density at radius 1 is 1.11 bits per heavy atom. The molecule has 2 aromatic carbocycles. The van der Waals surface area contributed by atoms with Gasteiger partial charge in [-0.3, -0.25) is 4.79 Å². The van der Waals surface area contributed by atoms with E-state index in [-0.39, 0.29) is 11.0 Å². The standard InChI is InChI=1S/C20H13NO6/c22-15-9-16(20(24)25)27-18-13-8-12(26-10-11-4-2-1-3-5-11)6-7-14(13)21-19(23)17(15)18/h1-9H,10H2,(H,21,23)(H,24,25). The number of hydrogen-bond acceptors (Lipinski definition) is 6. The highest BCUT2D eigenvalue weighted by Crippen LogP contribution is 2.31. The topological polar surface area (TPSA) is 110 Å². The van der Waals surface area contributed by atoms with Gasteiger partial charge in [-0.1, -0.05) is 30.3 Å². The highest BCUT2D eigenvalue weighted by Gasteiger charge is 2.18. The zero-order chi connectivity index (χ0) is 19.0. The molecule has 0 aliphatic carbocycles. The fourth-order valence-electron chi connectivity index (χ4n) is 2.80. The van der Waals surface area contributed by atoms with E-state index >= 15 is 0 Å². The van der Waals surface area contributed by atoms with Crippen LogP contribution in [-0.2, 0) is 6.61 Å². The zero-order valence-corrected chi connectivity index (χ0v) is 13.9. The van der Waals surface area contributed by atoms with Crippen LogP contribution < -0.4 is 10.2 Å². The zero-order valence-electron chi connectivity index (χ0n) is 13.9. The highest BCUT2D eigenvalue weighted by atomic mass is 16.5. The molecule has 2 heterocycles. The Balaban J connectivity index is 1.86. The first-order chi connectivity index (χ1) is 13.0. The first kappa shape index (κ1) is 16.6. The molecule has 2 aromatic heterocycles. The van der Waals surface area contributed by atoms with Crippen LogP contribution in [0.25, 0.3) is 21.9 Å². The van der Waals surface area contributed by atoms with Crippen molar-refractivity contribution in [1.82, 2.24) is 4.98 Å². The molecule has 0 aliphatic heterocycles. The van der Waals surface area contributed by atoms with Crippen molar-refractivity contribution in [2.75, 3.05) is 0 Å². The molecule has 0 saturated heterocycles. The number of fused-ring (bicyclic) bond motifs is 3. The molecule has 7 nitrogen and oxygen atoms in total. The summed E-state index contributed by atoms with van der Waals surface area (Å²) in [5, 5.41) is 19.4. The van der Waals surface area contributed by atoms with Crippen molar-refractivity contribution in [2.24, 2.45) is 0 Å². The summed E-state index contributed by atoms with van der Waals surface area (Å²) in [6.07, 6.45) is 0. The maximum atomic E-state index is 12.2. The van der Waals surface area contributed by atoms with E-state index in [0.717, 1.165) is 11.6 Å². The Labute approximate surface area is 152 Å². The predicted octanol–water partition coefficient (Wildman–Crippen LogP) is 3.32. The molecule has 0 bridgehead atoms. The smallest absolute Gasteiger partial charge is 0.371 e. The Kier molecular flexibility index (Phi) is 3.97. The van der Waals surface area contributed by atoms with Crippen LogP contribution in [0.15, 0.2) is 63.8 Å². The summed E-state index contributed by atoms with van der Waals surface area (Å²) >= 11 is 0. The van der Waals surface area contributed by atoms with Crippen molar-refractivity contribution in [3.8, 4) is 11.6 Å². The van der Waals surface area contributed by atoms with Crippen molar-refractivity contribution in [3.63, 3.8) is 0 Å². The van der Waals surface area contributed by atoms with Gasteiger partial charge in [0.15, 0.2) is 11.0 Å². The normalized spacial score (nSPS) is 11.0. The summed E-state index contributed by atoms with van der Waals surface area (Å²) in [5.41, 5.74) is 0.590. The van der Waals surface area contributed by atoms with E-state index < -0.39 is 23.0 Å². The van der Waals surface area contributed by atoms with Crippen molar-refractivity contribution in [1.29, 1.82) is 0 Å². The molecule has 4 rings (SSSR count). The minimum absolute atomic E-state index is 0.0486. The number of aromatic carboxylic acids is 1.